The Morgan fingerprint density at radius 3 is 2.64 bits per heavy atom. The molecule has 0 aliphatic heterocycles. The standard InChI is InChI=1S/C20H28N4O3S/c1-4-6-7-10-13-24-18(26)15-11-8-9-12-16(15)22-20(24)28-14(3)17(25)23-19(27)21-5-2/h8-9,11-12,14H,4-7,10,13H2,1-3H3,(H2,21,23,25,27)/t14-/m1/s1. The van der Waals surface area contributed by atoms with E-state index >= 15 is 0 Å². The molecule has 2 N–H and O–H groups in total. The van der Waals surface area contributed by atoms with Crippen molar-refractivity contribution in [2.24, 2.45) is 0 Å². The minimum Gasteiger partial charge on any atom is -0.338 e. The molecule has 8 heteroatoms. The number of rotatable bonds is 9. The molecular formula is C20H28N4O3S. The maximum atomic E-state index is 13.0. The Morgan fingerprint density at radius 1 is 1.18 bits per heavy atom. The van der Waals surface area contributed by atoms with Crippen molar-refractivity contribution in [2.75, 3.05) is 6.54 Å². The van der Waals surface area contributed by atoms with E-state index in [2.05, 4.69) is 22.5 Å². The fourth-order valence-electron chi connectivity index (χ4n) is 2.76. The zero-order chi connectivity index (χ0) is 20.5. The second-order valence-electron chi connectivity index (χ2n) is 6.54. The number of carbonyl (C=O) groups excluding carboxylic acids is 2. The van der Waals surface area contributed by atoms with Crippen molar-refractivity contribution in [2.45, 2.75) is 63.4 Å². The lowest BCUT2D eigenvalue weighted by Crippen LogP contribution is -2.42. The molecular weight excluding hydrogens is 376 g/mol. The number of thioether (sulfide) groups is 1. The summed E-state index contributed by atoms with van der Waals surface area (Å²) >= 11 is 1.19. The zero-order valence-electron chi connectivity index (χ0n) is 16.7. The predicted molar refractivity (Wildman–Crippen MR) is 113 cm³/mol. The Kier molecular flexibility index (Phi) is 8.50. The molecule has 1 heterocycles. The second-order valence-corrected chi connectivity index (χ2v) is 7.85. The van der Waals surface area contributed by atoms with Gasteiger partial charge in [-0.1, -0.05) is 50.1 Å². The van der Waals surface area contributed by atoms with Gasteiger partial charge in [-0.25, -0.2) is 9.78 Å². The van der Waals surface area contributed by atoms with Gasteiger partial charge in [-0.15, -0.1) is 0 Å². The quantitative estimate of drug-likeness (QED) is 0.380. The zero-order valence-corrected chi connectivity index (χ0v) is 17.5. The molecule has 2 aromatic rings. The van der Waals surface area contributed by atoms with E-state index in [0.29, 0.717) is 29.1 Å². The SMILES string of the molecule is CCCCCCn1c(S[C@H](C)C(=O)NC(=O)NCC)nc2ccccc2c1=O. The molecule has 28 heavy (non-hydrogen) atoms. The van der Waals surface area contributed by atoms with Crippen molar-refractivity contribution in [1.29, 1.82) is 0 Å². The molecule has 0 unspecified atom stereocenters. The Morgan fingerprint density at radius 2 is 1.93 bits per heavy atom. The minimum atomic E-state index is -0.572. The van der Waals surface area contributed by atoms with E-state index in [9.17, 15) is 14.4 Å². The number of nitrogens with one attached hydrogen (secondary N) is 2. The lowest BCUT2D eigenvalue weighted by atomic mass is 10.2. The van der Waals surface area contributed by atoms with Gasteiger partial charge in [-0.05, 0) is 32.4 Å². The molecule has 1 aromatic heterocycles. The van der Waals surface area contributed by atoms with Crippen molar-refractivity contribution in [3.8, 4) is 0 Å². The normalized spacial score (nSPS) is 12.0. The van der Waals surface area contributed by atoms with Crippen LogP contribution in [0.5, 0.6) is 0 Å². The summed E-state index contributed by atoms with van der Waals surface area (Å²) in [5, 5.41) is 5.33. The van der Waals surface area contributed by atoms with Crippen LogP contribution in [-0.4, -0.2) is 33.3 Å². The first kappa shape index (κ1) is 21.9. The summed E-state index contributed by atoms with van der Waals surface area (Å²) in [6.07, 6.45) is 4.14. The van der Waals surface area contributed by atoms with E-state index in [0.717, 1.165) is 25.7 Å². The van der Waals surface area contributed by atoms with Gasteiger partial charge in [-0.3, -0.25) is 19.5 Å². The third-order valence-corrected chi connectivity index (χ3v) is 5.38. The molecule has 7 nitrogen and oxygen atoms in total. The number of benzene rings is 1. The van der Waals surface area contributed by atoms with Gasteiger partial charge in [0.05, 0.1) is 16.2 Å². The first-order chi connectivity index (χ1) is 13.5. The van der Waals surface area contributed by atoms with Crippen molar-refractivity contribution in [3.05, 3.63) is 34.6 Å². The van der Waals surface area contributed by atoms with Gasteiger partial charge in [0.1, 0.15) is 0 Å². The number of fused-ring (bicyclic) bond motifs is 1. The van der Waals surface area contributed by atoms with E-state index in [1.807, 2.05) is 12.1 Å². The van der Waals surface area contributed by atoms with Gasteiger partial charge in [-0.2, -0.15) is 0 Å². The molecule has 1 aromatic carbocycles. The highest BCUT2D eigenvalue weighted by Crippen LogP contribution is 2.23. The fourth-order valence-corrected chi connectivity index (χ4v) is 3.70. The largest absolute Gasteiger partial charge is 0.338 e. The van der Waals surface area contributed by atoms with Gasteiger partial charge in [0, 0.05) is 13.1 Å². The molecule has 0 bridgehead atoms. The molecule has 0 aliphatic carbocycles. The van der Waals surface area contributed by atoms with Crippen LogP contribution in [0.15, 0.2) is 34.2 Å². The van der Waals surface area contributed by atoms with E-state index in [4.69, 9.17) is 0 Å². The maximum absolute atomic E-state index is 13.0. The summed E-state index contributed by atoms with van der Waals surface area (Å²) in [4.78, 5) is 41.5. The molecule has 0 radical (unpaired) electrons. The number of unbranched alkanes of at least 4 members (excludes halogenated alkanes) is 3. The van der Waals surface area contributed by atoms with Crippen molar-refractivity contribution < 1.29 is 9.59 Å². The number of nitrogens with zero attached hydrogens (tertiary/aromatic N) is 2. The summed E-state index contributed by atoms with van der Waals surface area (Å²) in [7, 11) is 0. The van der Waals surface area contributed by atoms with Crippen LogP contribution >= 0.6 is 11.8 Å². The summed E-state index contributed by atoms with van der Waals surface area (Å²) in [5.74, 6) is -0.420. The first-order valence-corrected chi connectivity index (χ1v) is 10.6. The monoisotopic (exact) mass is 404 g/mol. The number of amides is 3. The third kappa shape index (κ3) is 5.82. The second kappa shape index (κ2) is 10.8. The summed E-state index contributed by atoms with van der Waals surface area (Å²) in [5.41, 5.74) is 0.511. The maximum Gasteiger partial charge on any atom is 0.321 e. The predicted octanol–water partition coefficient (Wildman–Crippen LogP) is 3.30. The van der Waals surface area contributed by atoms with E-state index in [1.54, 1.807) is 30.5 Å². The van der Waals surface area contributed by atoms with E-state index < -0.39 is 17.2 Å². The van der Waals surface area contributed by atoms with Crippen molar-refractivity contribution in [1.82, 2.24) is 20.2 Å². The molecule has 0 aliphatic rings. The van der Waals surface area contributed by atoms with Crippen molar-refractivity contribution in [3.63, 3.8) is 0 Å². The van der Waals surface area contributed by atoms with Gasteiger partial charge >= 0.3 is 6.03 Å². The summed E-state index contributed by atoms with van der Waals surface area (Å²) in [6.45, 7) is 6.61. The van der Waals surface area contributed by atoms with Crippen molar-refractivity contribution >= 4 is 34.6 Å². The topological polar surface area (TPSA) is 93.1 Å². The van der Waals surface area contributed by atoms with Gasteiger partial charge in [0.25, 0.3) is 5.56 Å². The fraction of sp³-hybridized carbons (Fsp3) is 0.500. The summed E-state index contributed by atoms with van der Waals surface area (Å²) < 4.78 is 1.65. The number of urea groups is 1. The lowest BCUT2D eigenvalue weighted by Gasteiger charge is -2.16. The Hall–Kier alpha value is -2.35. The molecule has 1 atom stereocenters. The third-order valence-electron chi connectivity index (χ3n) is 4.29. The number of para-hydroxylation sites is 1. The number of imide groups is 1. The van der Waals surface area contributed by atoms with Gasteiger partial charge < -0.3 is 5.32 Å². The first-order valence-electron chi connectivity index (χ1n) is 9.72. The molecule has 0 saturated carbocycles. The van der Waals surface area contributed by atoms with Gasteiger partial charge in [0.15, 0.2) is 5.16 Å². The van der Waals surface area contributed by atoms with Crippen LogP contribution in [-0.2, 0) is 11.3 Å². The average molecular weight is 405 g/mol. The highest BCUT2D eigenvalue weighted by atomic mass is 32.2. The smallest absolute Gasteiger partial charge is 0.321 e. The lowest BCUT2D eigenvalue weighted by molar-refractivity contribution is -0.119. The number of carbonyl (C=O) groups is 2. The Bertz CT molecular complexity index is 881. The molecule has 2 rings (SSSR count). The number of hydrogen-bond donors (Lipinski definition) is 2. The van der Waals surface area contributed by atoms with Crippen LogP contribution in [0.25, 0.3) is 10.9 Å². The van der Waals surface area contributed by atoms with Crippen LogP contribution in [0.2, 0.25) is 0 Å². The number of hydrogen-bond acceptors (Lipinski definition) is 5. The molecule has 0 saturated heterocycles. The molecule has 152 valence electrons. The highest BCUT2D eigenvalue weighted by molar-refractivity contribution is 8.00. The van der Waals surface area contributed by atoms with Crippen LogP contribution in [0.3, 0.4) is 0 Å². The molecule has 0 spiro atoms. The number of aromatic nitrogens is 2. The van der Waals surface area contributed by atoms with Crippen LogP contribution in [0.1, 0.15) is 46.5 Å². The molecule has 0 fully saturated rings. The Balaban J connectivity index is 2.26. The van der Waals surface area contributed by atoms with Crippen LogP contribution < -0.4 is 16.2 Å². The van der Waals surface area contributed by atoms with Crippen LogP contribution in [0, 0.1) is 0 Å². The minimum absolute atomic E-state index is 0.0964. The van der Waals surface area contributed by atoms with Gasteiger partial charge in [0.2, 0.25) is 5.91 Å². The van der Waals surface area contributed by atoms with Crippen LogP contribution in [0.4, 0.5) is 4.79 Å². The average Bonchev–Trinajstić information content (AvgIpc) is 2.67. The summed E-state index contributed by atoms with van der Waals surface area (Å²) in [6, 6.07) is 6.69. The van der Waals surface area contributed by atoms with E-state index in [-0.39, 0.29) is 5.56 Å². The highest BCUT2D eigenvalue weighted by Gasteiger charge is 2.20. The van der Waals surface area contributed by atoms with E-state index in [1.165, 1.54) is 11.8 Å². The molecule has 3 amide bonds. The Labute approximate surface area is 169 Å².